The molecule has 0 fully saturated rings. The molecule has 0 spiro atoms. The van der Waals surface area contributed by atoms with Crippen LogP contribution in [0.5, 0.6) is 0 Å². The van der Waals surface area contributed by atoms with E-state index in [0.717, 1.165) is 0 Å². The van der Waals surface area contributed by atoms with Crippen molar-refractivity contribution in [3.05, 3.63) is 35.9 Å². The van der Waals surface area contributed by atoms with E-state index in [0.29, 0.717) is 31.5 Å². The second kappa shape index (κ2) is 11.6. The van der Waals surface area contributed by atoms with Crippen LogP contribution in [0.2, 0.25) is 0 Å². The Kier molecular flexibility index (Phi) is 10.8. The van der Waals surface area contributed by atoms with Crippen LogP contribution in [0.3, 0.4) is 0 Å². The molecule has 5 nitrogen and oxygen atoms in total. The van der Waals surface area contributed by atoms with Gasteiger partial charge in [-0.2, -0.15) is 0 Å². The first-order chi connectivity index (χ1) is 9.07. The Labute approximate surface area is 113 Å². The van der Waals surface area contributed by atoms with Gasteiger partial charge in [0.05, 0.1) is 25.4 Å². The van der Waals surface area contributed by atoms with Crippen LogP contribution in [0.1, 0.15) is 24.2 Å². The van der Waals surface area contributed by atoms with Crippen LogP contribution in [-0.2, 0) is 9.47 Å². The van der Waals surface area contributed by atoms with Gasteiger partial charge in [0, 0.05) is 0 Å². The number of ether oxygens (including phenoxy) is 2. The molecule has 19 heavy (non-hydrogen) atoms. The van der Waals surface area contributed by atoms with Gasteiger partial charge in [-0.15, -0.1) is 0 Å². The maximum atomic E-state index is 10.2. The molecule has 0 atom stereocenters. The average molecular weight is 270 g/mol. The summed E-state index contributed by atoms with van der Waals surface area (Å²) in [6, 6.07) is 8.30. The van der Waals surface area contributed by atoms with Gasteiger partial charge in [-0.3, -0.25) is 0 Å². The zero-order chi connectivity index (χ0) is 14.5. The molecule has 0 heterocycles. The van der Waals surface area contributed by atoms with Crippen molar-refractivity contribution in [2.75, 3.05) is 26.6 Å². The van der Waals surface area contributed by atoms with Crippen LogP contribution in [0.25, 0.3) is 0 Å². The van der Waals surface area contributed by atoms with Gasteiger partial charge in [0.1, 0.15) is 6.79 Å². The van der Waals surface area contributed by atoms with Crippen molar-refractivity contribution in [1.29, 1.82) is 0 Å². The number of benzene rings is 1. The smallest absolute Gasteiger partial charge is 0.335 e. The van der Waals surface area contributed by atoms with Crippen LogP contribution in [-0.4, -0.2) is 42.8 Å². The van der Waals surface area contributed by atoms with E-state index in [1.54, 1.807) is 30.3 Å². The number of aliphatic hydroxyl groups excluding tert-OH is 1. The third-order valence-electron chi connectivity index (χ3n) is 1.87. The van der Waals surface area contributed by atoms with Crippen molar-refractivity contribution >= 4 is 5.97 Å². The fraction of sp³-hybridized carbons (Fsp3) is 0.500. The largest absolute Gasteiger partial charge is 0.478 e. The molecule has 0 radical (unpaired) electrons. The number of carboxylic acid groups (broad SMARTS) is 1. The van der Waals surface area contributed by atoms with Gasteiger partial charge in [-0.1, -0.05) is 32.0 Å². The average Bonchev–Trinajstić information content (AvgIpc) is 2.40. The molecule has 1 rings (SSSR count). The van der Waals surface area contributed by atoms with E-state index in [9.17, 15) is 4.79 Å². The molecule has 0 amide bonds. The molecule has 0 aliphatic heterocycles. The van der Waals surface area contributed by atoms with Crippen LogP contribution < -0.4 is 0 Å². The van der Waals surface area contributed by atoms with Gasteiger partial charge in [0.25, 0.3) is 0 Å². The monoisotopic (exact) mass is 270 g/mol. The van der Waals surface area contributed by atoms with E-state index in [1.807, 2.05) is 0 Å². The van der Waals surface area contributed by atoms with E-state index in [1.165, 1.54) is 0 Å². The summed E-state index contributed by atoms with van der Waals surface area (Å²) in [6.07, 6.45) is 0. The molecule has 0 aromatic heterocycles. The molecule has 108 valence electrons. The lowest BCUT2D eigenvalue weighted by Crippen LogP contribution is -2.08. The summed E-state index contributed by atoms with van der Waals surface area (Å²) in [5.74, 6) is -0.340. The fourth-order valence-corrected chi connectivity index (χ4v) is 1.05. The van der Waals surface area contributed by atoms with Crippen LogP contribution in [0.4, 0.5) is 0 Å². The summed E-state index contributed by atoms with van der Waals surface area (Å²) in [7, 11) is 0. The maximum absolute atomic E-state index is 10.2. The van der Waals surface area contributed by atoms with E-state index in [-0.39, 0.29) is 6.61 Å². The minimum atomic E-state index is -0.879. The van der Waals surface area contributed by atoms with Crippen molar-refractivity contribution in [3.8, 4) is 0 Å². The highest BCUT2D eigenvalue weighted by Gasteiger charge is 1.96. The Hall–Kier alpha value is -1.43. The Bertz CT molecular complexity index is 324. The van der Waals surface area contributed by atoms with Crippen LogP contribution >= 0.6 is 0 Å². The Balaban J connectivity index is 0.000000342. The highest BCUT2D eigenvalue weighted by Crippen LogP contribution is 1.96. The first-order valence-electron chi connectivity index (χ1n) is 6.12. The number of hydrogen-bond acceptors (Lipinski definition) is 4. The molecule has 0 aliphatic carbocycles. The molecule has 0 saturated carbocycles. The van der Waals surface area contributed by atoms with Crippen LogP contribution in [0, 0.1) is 5.92 Å². The van der Waals surface area contributed by atoms with Gasteiger partial charge in [-0.05, 0) is 18.1 Å². The van der Waals surface area contributed by atoms with Gasteiger partial charge in [0.15, 0.2) is 0 Å². The SMILES string of the molecule is CC(C)COCOCCO.O=C(O)c1ccccc1. The minimum absolute atomic E-state index is 0.0606. The number of rotatable bonds is 7. The zero-order valence-electron chi connectivity index (χ0n) is 11.4. The van der Waals surface area contributed by atoms with Gasteiger partial charge >= 0.3 is 5.97 Å². The lowest BCUT2D eigenvalue weighted by Gasteiger charge is -2.05. The number of aliphatic hydroxyl groups is 1. The van der Waals surface area contributed by atoms with Crippen molar-refractivity contribution < 1.29 is 24.5 Å². The van der Waals surface area contributed by atoms with Crippen LogP contribution in [0.15, 0.2) is 30.3 Å². The van der Waals surface area contributed by atoms with E-state index < -0.39 is 5.97 Å². The van der Waals surface area contributed by atoms with E-state index >= 15 is 0 Å². The standard InChI is InChI=1S/C7H16O3.C7H6O2/c1-7(2)5-10-6-9-4-3-8;8-7(9)6-4-2-1-3-5-6/h7-8H,3-6H2,1-2H3;1-5H,(H,8,9). The molecule has 1 aromatic rings. The molecule has 5 heteroatoms. The first kappa shape index (κ1) is 17.6. The summed E-state index contributed by atoms with van der Waals surface area (Å²) in [5, 5.41) is 16.7. The topological polar surface area (TPSA) is 76.0 Å². The lowest BCUT2D eigenvalue weighted by atomic mass is 10.2. The zero-order valence-corrected chi connectivity index (χ0v) is 11.4. The summed E-state index contributed by atoms with van der Waals surface area (Å²) in [6.45, 7) is 5.57. The Morgan fingerprint density at radius 3 is 2.26 bits per heavy atom. The van der Waals surface area contributed by atoms with Gasteiger partial charge < -0.3 is 19.7 Å². The number of hydrogen-bond donors (Lipinski definition) is 2. The lowest BCUT2D eigenvalue weighted by molar-refractivity contribution is -0.0692. The summed E-state index contributed by atoms with van der Waals surface area (Å²) < 4.78 is 9.92. The van der Waals surface area contributed by atoms with E-state index in [4.69, 9.17) is 19.7 Å². The summed E-state index contributed by atoms with van der Waals surface area (Å²) in [5.41, 5.74) is 0.331. The summed E-state index contributed by atoms with van der Waals surface area (Å²) >= 11 is 0. The second-order valence-corrected chi connectivity index (χ2v) is 4.19. The highest BCUT2D eigenvalue weighted by molar-refractivity contribution is 5.87. The predicted molar refractivity (Wildman–Crippen MR) is 72.1 cm³/mol. The number of aromatic carboxylic acids is 1. The molecule has 2 N–H and O–H groups in total. The molecule has 0 unspecified atom stereocenters. The van der Waals surface area contributed by atoms with Crippen molar-refractivity contribution in [3.63, 3.8) is 0 Å². The van der Waals surface area contributed by atoms with E-state index in [2.05, 4.69) is 13.8 Å². The van der Waals surface area contributed by atoms with Crippen molar-refractivity contribution in [2.24, 2.45) is 5.92 Å². The summed E-state index contributed by atoms with van der Waals surface area (Å²) in [4.78, 5) is 10.2. The fourth-order valence-electron chi connectivity index (χ4n) is 1.05. The highest BCUT2D eigenvalue weighted by atomic mass is 16.7. The molecule has 0 bridgehead atoms. The quantitative estimate of drug-likeness (QED) is 0.585. The van der Waals surface area contributed by atoms with Crippen molar-refractivity contribution in [1.82, 2.24) is 0 Å². The third-order valence-corrected chi connectivity index (χ3v) is 1.87. The molecular formula is C14H22O5. The molecule has 0 aliphatic rings. The predicted octanol–water partition coefficient (Wildman–Crippen LogP) is 2.01. The molecule has 0 saturated heterocycles. The number of carbonyl (C=O) groups is 1. The normalized spacial score (nSPS) is 9.89. The van der Waals surface area contributed by atoms with Crippen molar-refractivity contribution in [2.45, 2.75) is 13.8 Å². The van der Waals surface area contributed by atoms with Gasteiger partial charge in [-0.25, -0.2) is 4.79 Å². The Morgan fingerprint density at radius 2 is 1.84 bits per heavy atom. The Morgan fingerprint density at radius 1 is 1.21 bits per heavy atom. The van der Waals surface area contributed by atoms with Gasteiger partial charge in [0.2, 0.25) is 0 Å². The molecule has 1 aromatic carbocycles. The number of carboxylic acids is 1. The first-order valence-corrected chi connectivity index (χ1v) is 6.12. The minimum Gasteiger partial charge on any atom is -0.478 e. The third kappa shape index (κ3) is 11.4. The molecular weight excluding hydrogens is 248 g/mol. The maximum Gasteiger partial charge on any atom is 0.335 e. The second-order valence-electron chi connectivity index (χ2n) is 4.19.